The van der Waals surface area contributed by atoms with Gasteiger partial charge < -0.3 is 0 Å². The molecule has 1 aromatic heterocycles. The third-order valence-electron chi connectivity index (χ3n) is 2.86. The Morgan fingerprint density at radius 2 is 1.90 bits per heavy atom. The zero-order valence-electron chi connectivity index (χ0n) is 11.0. The van der Waals surface area contributed by atoms with Crippen LogP contribution in [-0.4, -0.2) is 18.7 Å². The SMILES string of the molecule is Cc1cccnc1NS(=O)(=O)c1ccc(CCBr)cc1. The van der Waals surface area contributed by atoms with Crippen LogP contribution in [0.5, 0.6) is 0 Å². The molecule has 0 aliphatic rings. The highest BCUT2D eigenvalue weighted by atomic mass is 79.9. The molecule has 2 rings (SSSR count). The van der Waals surface area contributed by atoms with Gasteiger partial charge in [-0.25, -0.2) is 13.4 Å². The average molecular weight is 355 g/mol. The fraction of sp³-hybridized carbons (Fsp3) is 0.214. The topological polar surface area (TPSA) is 59.1 Å². The molecule has 0 fully saturated rings. The number of pyridine rings is 1. The molecule has 0 spiro atoms. The first kappa shape index (κ1) is 15.0. The van der Waals surface area contributed by atoms with Crippen LogP contribution < -0.4 is 4.72 Å². The van der Waals surface area contributed by atoms with E-state index in [9.17, 15) is 8.42 Å². The maximum atomic E-state index is 12.3. The molecular formula is C14H15BrN2O2S. The number of halogens is 1. The molecule has 4 nitrogen and oxygen atoms in total. The molecule has 1 N–H and O–H groups in total. The van der Waals surface area contributed by atoms with Gasteiger partial charge in [0.05, 0.1) is 4.90 Å². The molecule has 0 saturated carbocycles. The summed E-state index contributed by atoms with van der Waals surface area (Å²) in [5, 5.41) is 0.852. The first-order valence-electron chi connectivity index (χ1n) is 6.12. The number of hydrogen-bond donors (Lipinski definition) is 1. The second kappa shape index (κ2) is 6.37. The molecular weight excluding hydrogens is 340 g/mol. The number of nitrogens with one attached hydrogen (secondary N) is 1. The van der Waals surface area contributed by atoms with Crippen molar-refractivity contribution in [1.82, 2.24) is 4.98 Å². The first-order valence-corrected chi connectivity index (χ1v) is 8.73. The second-order valence-corrected chi connectivity index (χ2v) is 6.83. The molecule has 1 heterocycles. The number of alkyl halides is 1. The summed E-state index contributed by atoms with van der Waals surface area (Å²) in [5.41, 5.74) is 1.88. The number of benzene rings is 1. The lowest BCUT2D eigenvalue weighted by molar-refractivity contribution is 0.601. The Morgan fingerprint density at radius 1 is 1.20 bits per heavy atom. The van der Waals surface area contributed by atoms with Gasteiger partial charge in [-0.2, -0.15) is 0 Å². The Labute approximate surface area is 127 Å². The van der Waals surface area contributed by atoms with E-state index in [1.807, 2.05) is 25.1 Å². The van der Waals surface area contributed by atoms with Crippen molar-refractivity contribution in [3.63, 3.8) is 0 Å². The van der Waals surface area contributed by atoms with E-state index in [1.165, 1.54) is 0 Å². The molecule has 0 bridgehead atoms. The average Bonchev–Trinajstić information content (AvgIpc) is 2.42. The summed E-state index contributed by atoms with van der Waals surface area (Å²) in [6.45, 7) is 1.81. The highest BCUT2D eigenvalue weighted by Crippen LogP contribution is 2.17. The number of hydrogen-bond acceptors (Lipinski definition) is 3. The first-order chi connectivity index (χ1) is 9.53. The van der Waals surface area contributed by atoms with Crippen molar-refractivity contribution in [2.45, 2.75) is 18.2 Å². The maximum Gasteiger partial charge on any atom is 0.263 e. The van der Waals surface area contributed by atoms with Gasteiger partial charge in [0, 0.05) is 11.5 Å². The quantitative estimate of drug-likeness (QED) is 0.839. The Kier molecular flexibility index (Phi) is 4.77. The van der Waals surface area contributed by atoms with Crippen LogP contribution in [0, 0.1) is 6.92 Å². The number of aromatic nitrogens is 1. The van der Waals surface area contributed by atoms with Gasteiger partial charge in [-0.15, -0.1) is 0 Å². The lowest BCUT2D eigenvalue weighted by atomic mass is 10.2. The summed E-state index contributed by atoms with van der Waals surface area (Å²) in [6, 6.07) is 10.4. The smallest absolute Gasteiger partial charge is 0.263 e. The Balaban J connectivity index is 2.24. The number of anilines is 1. The van der Waals surface area contributed by atoms with E-state index in [-0.39, 0.29) is 4.90 Å². The predicted octanol–water partition coefficient (Wildman–Crippen LogP) is 3.13. The van der Waals surface area contributed by atoms with Crippen molar-refractivity contribution < 1.29 is 8.42 Å². The second-order valence-electron chi connectivity index (χ2n) is 4.36. The van der Waals surface area contributed by atoms with Gasteiger partial charge >= 0.3 is 0 Å². The lowest BCUT2D eigenvalue weighted by Gasteiger charge is -2.09. The van der Waals surface area contributed by atoms with Gasteiger partial charge in [0.25, 0.3) is 10.0 Å². The van der Waals surface area contributed by atoms with E-state index in [2.05, 4.69) is 25.6 Å². The molecule has 0 atom stereocenters. The van der Waals surface area contributed by atoms with Crippen molar-refractivity contribution in [2.24, 2.45) is 0 Å². The van der Waals surface area contributed by atoms with Crippen molar-refractivity contribution in [1.29, 1.82) is 0 Å². The molecule has 6 heteroatoms. The molecule has 0 unspecified atom stereocenters. The molecule has 2 aromatic rings. The van der Waals surface area contributed by atoms with Crippen LogP contribution in [-0.2, 0) is 16.4 Å². The highest BCUT2D eigenvalue weighted by molar-refractivity contribution is 9.09. The zero-order chi connectivity index (χ0) is 14.6. The van der Waals surface area contributed by atoms with E-state index in [4.69, 9.17) is 0 Å². The van der Waals surface area contributed by atoms with Gasteiger partial charge in [-0.3, -0.25) is 4.72 Å². The van der Waals surface area contributed by atoms with E-state index in [0.717, 1.165) is 22.9 Å². The van der Waals surface area contributed by atoms with Crippen LogP contribution in [0.4, 0.5) is 5.82 Å². The predicted molar refractivity (Wildman–Crippen MR) is 83.7 cm³/mol. The minimum atomic E-state index is -3.59. The van der Waals surface area contributed by atoms with Crippen LogP contribution in [0.15, 0.2) is 47.5 Å². The number of sulfonamides is 1. The van der Waals surface area contributed by atoms with Gasteiger partial charge in [-0.1, -0.05) is 34.1 Å². The van der Waals surface area contributed by atoms with Gasteiger partial charge in [0.15, 0.2) is 0 Å². The molecule has 106 valence electrons. The molecule has 0 aliphatic carbocycles. The summed E-state index contributed by atoms with van der Waals surface area (Å²) in [5.74, 6) is 0.358. The van der Waals surface area contributed by atoms with E-state index in [1.54, 1.807) is 24.4 Å². The van der Waals surface area contributed by atoms with Gasteiger partial charge in [0.2, 0.25) is 0 Å². The summed E-state index contributed by atoms with van der Waals surface area (Å²) >= 11 is 3.36. The molecule has 0 saturated heterocycles. The van der Waals surface area contributed by atoms with Crippen LogP contribution >= 0.6 is 15.9 Å². The Morgan fingerprint density at radius 3 is 2.50 bits per heavy atom. The van der Waals surface area contributed by atoms with E-state index < -0.39 is 10.0 Å². The van der Waals surface area contributed by atoms with Gasteiger partial charge in [0.1, 0.15) is 5.82 Å². The summed E-state index contributed by atoms with van der Waals surface area (Å²) < 4.78 is 27.0. The Bertz CT molecular complexity index is 685. The normalized spacial score (nSPS) is 11.3. The highest BCUT2D eigenvalue weighted by Gasteiger charge is 2.15. The summed E-state index contributed by atoms with van der Waals surface area (Å²) in [7, 11) is -3.59. The molecule has 0 aliphatic heterocycles. The Hall–Kier alpha value is -1.40. The number of rotatable bonds is 5. The lowest BCUT2D eigenvalue weighted by Crippen LogP contribution is -2.14. The van der Waals surface area contributed by atoms with Crippen LogP contribution in [0.3, 0.4) is 0 Å². The fourth-order valence-corrected chi connectivity index (χ4v) is 3.26. The number of aryl methyl sites for hydroxylation is 2. The van der Waals surface area contributed by atoms with Crippen molar-refractivity contribution in [3.05, 3.63) is 53.7 Å². The van der Waals surface area contributed by atoms with Crippen molar-refractivity contribution in [3.8, 4) is 0 Å². The monoisotopic (exact) mass is 354 g/mol. The summed E-state index contributed by atoms with van der Waals surface area (Å²) in [6.07, 6.45) is 2.43. The minimum Gasteiger partial charge on any atom is -0.263 e. The standard InChI is InChI=1S/C14H15BrN2O2S/c1-11-3-2-10-16-14(11)17-20(18,19)13-6-4-12(5-7-13)8-9-15/h2-7,10H,8-9H2,1H3,(H,16,17). The molecule has 1 aromatic carbocycles. The summed E-state index contributed by atoms with van der Waals surface area (Å²) in [4.78, 5) is 4.28. The van der Waals surface area contributed by atoms with Crippen molar-refractivity contribution >= 4 is 31.8 Å². The third-order valence-corrected chi connectivity index (χ3v) is 4.61. The molecule has 0 amide bonds. The van der Waals surface area contributed by atoms with E-state index in [0.29, 0.717) is 5.82 Å². The van der Waals surface area contributed by atoms with Crippen LogP contribution in [0.25, 0.3) is 0 Å². The van der Waals surface area contributed by atoms with Crippen LogP contribution in [0.2, 0.25) is 0 Å². The largest absolute Gasteiger partial charge is 0.263 e. The molecule has 20 heavy (non-hydrogen) atoms. The number of nitrogens with zero attached hydrogens (tertiary/aromatic N) is 1. The van der Waals surface area contributed by atoms with Gasteiger partial charge in [-0.05, 0) is 42.7 Å². The molecule has 0 radical (unpaired) electrons. The fourth-order valence-electron chi connectivity index (χ4n) is 1.72. The third kappa shape index (κ3) is 3.58. The van der Waals surface area contributed by atoms with Crippen molar-refractivity contribution in [2.75, 3.05) is 10.1 Å². The minimum absolute atomic E-state index is 0.237. The van der Waals surface area contributed by atoms with Crippen LogP contribution in [0.1, 0.15) is 11.1 Å². The zero-order valence-corrected chi connectivity index (χ0v) is 13.4. The van der Waals surface area contributed by atoms with E-state index >= 15 is 0 Å². The maximum absolute atomic E-state index is 12.3.